The van der Waals surface area contributed by atoms with Gasteiger partial charge in [0, 0.05) is 51.5 Å². The van der Waals surface area contributed by atoms with E-state index in [0.29, 0.717) is 5.92 Å². The van der Waals surface area contributed by atoms with Gasteiger partial charge in [-0.3, -0.25) is 0 Å². The van der Waals surface area contributed by atoms with Crippen molar-refractivity contribution in [3.8, 4) is 0 Å². The minimum Gasteiger partial charge on any atom is -0.361 e. The lowest BCUT2D eigenvalue weighted by atomic mass is 9.69. The van der Waals surface area contributed by atoms with Gasteiger partial charge in [-0.15, -0.1) is 0 Å². The number of H-pyrrole nitrogens is 4. The molecule has 5 heterocycles. The topological polar surface area (TPSA) is 63.2 Å². The van der Waals surface area contributed by atoms with Crippen LogP contribution in [0.4, 0.5) is 0 Å². The van der Waals surface area contributed by atoms with Crippen molar-refractivity contribution >= 4 is 0 Å². The molecule has 4 aromatic rings. The monoisotopic (exact) mass is 598 g/mol. The summed E-state index contributed by atoms with van der Waals surface area (Å²) in [4.78, 5) is 16.7. The summed E-state index contributed by atoms with van der Waals surface area (Å²) in [5, 5.41) is 0. The van der Waals surface area contributed by atoms with Crippen LogP contribution in [0.2, 0.25) is 0 Å². The van der Waals surface area contributed by atoms with E-state index >= 15 is 0 Å². The molecule has 3 fully saturated rings. The Labute approximate surface area is 268 Å². The standard InChI is InChI=1S/C41H50N4/c1-38(29-13-5-6-14-29)30-15-17-32(42-30)39(23-7-2-8-24-39)34-19-21-36(44-34)41(27-11-4-12-28-41)37-22-20-35(45-37)40(25-9-3-10-26-40)33-18-16-31(38)43-33/h5-6,13-22,29,42-45H,2-4,7-12,23-28H2,1H3. The van der Waals surface area contributed by atoms with E-state index in [0.717, 1.165) is 0 Å². The molecule has 0 unspecified atom stereocenters. The molecule has 0 aromatic carbocycles. The number of allylic oxidation sites excluding steroid dienone is 4. The zero-order valence-electron chi connectivity index (χ0n) is 27.1. The predicted molar refractivity (Wildman–Crippen MR) is 183 cm³/mol. The lowest BCUT2D eigenvalue weighted by Gasteiger charge is -2.40. The largest absolute Gasteiger partial charge is 0.361 e. The summed E-state index contributed by atoms with van der Waals surface area (Å²) in [5.74, 6) is 0.291. The zero-order chi connectivity index (χ0) is 30.1. The van der Waals surface area contributed by atoms with E-state index < -0.39 is 0 Å². The second kappa shape index (κ2) is 10.3. The fourth-order valence-electron chi connectivity index (χ4n) is 10.7. The third-order valence-corrected chi connectivity index (χ3v) is 13.5. The van der Waals surface area contributed by atoms with E-state index in [4.69, 9.17) is 0 Å². The average molecular weight is 599 g/mol. The molecule has 0 radical (unpaired) electrons. The summed E-state index contributed by atoms with van der Waals surface area (Å²) in [6.07, 6.45) is 28.2. The number of nitrogens with one attached hydrogen (secondary N) is 4. The van der Waals surface area contributed by atoms with Gasteiger partial charge in [-0.25, -0.2) is 0 Å². The molecule has 234 valence electrons. The van der Waals surface area contributed by atoms with Crippen LogP contribution in [0, 0.1) is 5.92 Å². The van der Waals surface area contributed by atoms with Crippen molar-refractivity contribution in [2.24, 2.45) is 5.92 Å². The Morgan fingerprint density at radius 3 is 0.978 bits per heavy atom. The maximum absolute atomic E-state index is 4.19. The van der Waals surface area contributed by atoms with Crippen LogP contribution in [0.25, 0.3) is 0 Å². The van der Waals surface area contributed by atoms with Crippen molar-refractivity contribution in [1.29, 1.82) is 0 Å². The van der Waals surface area contributed by atoms with Gasteiger partial charge in [-0.05, 0) is 94.0 Å². The number of aromatic nitrogens is 4. The van der Waals surface area contributed by atoms with Crippen molar-refractivity contribution in [2.75, 3.05) is 0 Å². The van der Waals surface area contributed by atoms with Crippen molar-refractivity contribution in [2.45, 2.75) is 125 Å². The Morgan fingerprint density at radius 1 is 0.400 bits per heavy atom. The molecule has 3 saturated carbocycles. The molecule has 0 saturated heterocycles. The number of fused-ring (bicyclic) bond motifs is 14. The molecule has 0 atom stereocenters. The molecule has 1 aliphatic heterocycles. The van der Waals surface area contributed by atoms with Crippen molar-refractivity contribution < 1.29 is 0 Å². The van der Waals surface area contributed by atoms with Gasteiger partial charge in [0.25, 0.3) is 0 Å². The Bertz CT molecular complexity index is 1610. The smallest absolute Gasteiger partial charge is 0.0572 e. The van der Waals surface area contributed by atoms with Crippen LogP contribution in [0.5, 0.6) is 0 Å². The molecule has 9 rings (SSSR count). The van der Waals surface area contributed by atoms with E-state index in [9.17, 15) is 0 Å². The molecular weight excluding hydrogens is 548 g/mol. The van der Waals surface area contributed by atoms with Crippen LogP contribution < -0.4 is 0 Å². The van der Waals surface area contributed by atoms with Gasteiger partial charge >= 0.3 is 0 Å². The molecule has 4 nitrogen and oxygen atoms in total. The van der Waals surface area contributed by atoms with Crippen LogP contribution in [-0.2, 0) is 21.7 Å². The molecule has 8 bridgehead atoms. The van der Waals surface area contributed by atoms with Crippen LogP contribution in [0.3, 0.4) is 0 Å². The summed E-state index contributed by atoms with van der Waals surface area (Å²) < 4.78 is 0. The van der Waals surface area contributed by atoms with E-state index in [1.165, 1.54) is 142 Å². The lowest BCUT2D eigenvalue weighted by Crippen LogP contribution is -2.36. The summed E-state index contributed by atoms with van der Waals surface area (Å²) in [7, 11) is 0. The molecule has 3 spiro atoms. The number of aromatic amines is 4. The number of rotatable bonds is 1. The first kappa shape index (κ1) is 27.9. The van der Waals surface area contributed by atoms with Crippen molar-refractivity contribution in [3.05, 3.63) is 118 Å². The summed E-state index contributed by atoms with van der Waals surface area (Å²) >= 11 is 0. The van der Waals surface area contributed by atoms with Gasteiger partial charge in [0.15, 0.2) is 0 Å². The SMILES string of the molecule is CC1(C2C=CC=C2)c2ccc([nH]2)C2(CCCCC2)c2ccc([nH]2)C2(CCCCC2)c2ccc([nH]2)C2(CCCCC2)c2ccc1[nH]2. The van der Waals surface area contributed by atoms with Crippen LogP contribution >= 0.6 is 0 Å². The molecule has 45 heavy (non-hydrogen) atoms. The Kier molecular flexibility index (Phi) is 6.38. The van der Waals surface area contributed by atoms with E-state index in [1.54, 1.807) is 0 Å². The predicted octanol–water partition coefficient (Wildman–Crippen LogP) is 10.1. The maximum atomic E-state index is 4.19. The first-order valence-corrected chi connectivity index (χ1v) is 18.2. The number of hydrogen-bond donors (Lipinski definition) is 4. The third-order valence-electron chi connectivity index (χ3n) is 13.5. The molecule has 4 aromatic heterocycles. The van der Waals surface area contributed by atoms with Gasteiger partial charge in [0.1, 0.15) is 0 Å². The zero-order valence-corrected chi connectivity index (χ0v) is 27.1. The minimum atomic E-state index is -0.225. The lowest BCUT2D eigenvalue weighted by molar-refractivity contribution is 0.314. The minimum absolute atomic E-state index is 0.00210. The first-order valence-electron chi connectivity index (χ1n) is 18.2. The molecule has 4 heteroatoms. The van der Waals surface area contributed by atoms with Gasteiger partial charge in [-0.2, -0.15) is 0 Å². The highest BCUT2D eigenvalue weighted by atomic mass is 14.9. The summed E-state index contributed by atoms with van der Waals surface area (Å²) in [6.45, 7) is 2.46. The van der Waals surface area contributed by atoms with E-state index in [-0.39, 0.29) is 21.7 Å². The quantitative estimate of drug-likeness (QED) is 0.168. The first-order chi connectivity index (χ1) is 22.1. The Balaban J connectivity index is 1.30. The Morgan fingerprint density at radius 2 is 0.667 bits per heavy atom. The van der Waals surface area contributed by atoms with Gasteiger partial charge in [-0.1, -0.05) is 82.1 Å². The summed E-state index contributed by atoms with van der Waals surface area (Å²) in [5.41, 5.74) is 10.9. The number of hydrogen-bond acceptors (Lipinski definition) is 0. The molecule has 5 aliphatic rings. The highest BCUT2D eigenvalue weighted by Crippen LogP contribution is 2.52. The highest BCUT2D eigenvalue weighted by Gasteiger charge is 2.47. The molecular formula is C41H50N4. The van der Waals surface area contributed by atoms with Gasteiger partial charge in [0.2, 0.25) is 0 Å². The second-order valence-electron chi connectivity index (χ2n) is 15.6. The van der Waals surface area contributed by atoms with E-state index in [1.807, 2.05) is 0 Å². The normalized spacial score (nSPS) is 24.6. The molecule has 4 aliphatic carbocycles. The highest BCUT2D eigenvalue weighted by molar-refractivity contribution is 5.47. The fourth-order valence-corrected chi connectivity index (χ4v) is 10.7. The van der Waals surface area contributed by atoms with Crippen LogP contribution in [0.1, 0.15) is 149 Å². The van der Waals surface area contributed by atoms with Crippen molar-refractivity contribution in [3.63, 3.8) is 0 Å². The van der Waals surface area contributed by atoms with Gasteiger partial charge < -0.3 is 19.9 Å². The molecule has 0 amide bonds. The van der Waals surface area contributed by atoms with Crippen molar-refractivity contribution in [1.82, 2.24) is 19.9 Å². The average Bonchev–Trinajstić information content (AvgIpc) is 3.94. The molecule has 4 N–H and O–H groups in total. The van der Waals surface area contributed by atoms with Gasteiger partial charge in [0.05, 0.1) is 21.7 Å². The second-order valence-corrected chi connectivity index (χ2v) is 15.6. The summed E-state index contributed by atoms with van der Waals surface area (Å²) in [6, 6.07) is 19.6. The Hall–Kier alpha value is -3.40. The fraction of sp³-hybridized carbons (Fsp3) is 0.512. The third kappa shape index (κ3) is 3.96. The maximum Gasteiger partial charge on any atom is 0.0572 e. The van der Waals surface area contributed by atoms with Crippen LogP contribution in [0.15, 0.2) is 72.8 Å². The van der Waals surface area contributed by atoms with Crippen LogP contribution in [-0.4, -0.2) is 19.9 Å². The van der Waals surface area contributed by atoms with E-state index in [2.05, 4.69) is 99.7 Å².